The molecule has 6 nitrogen and oxygen atoms in total. The summed E-state index contributed by atoms with van der Waals surface area (Å²) in [5.41, 5.74) is -0.120. The van der Waals surface area contributed by atoms with Crippen LogP contribution in [0.1, 0.15) is 39.2 Å². The molecule has 1 aromatic heterocycles. The number of aromatic nitrogens is 1. The van der Waals surface area contributed by atoms with Crippen molar-refractivity contribution in [3.63, 3.8) is 0 Å². The lowest BCUT2D eigenvalue weighted by Gasteiger charge is -2.28. The molecule has 2 rings (SSSR count). The van der Waals surface area contributed by atoms with Crippen molar-refractivity contribution in [3.05, 3.63) is 23.9 Å². The van der Waals surface area contributed by atoms with E-state index in [0.717, 1.165) is 12.8 Å². The maximum Gasteiger partial charge on any atom is 0.410 e. The first kappa shape index (κ1) is 17.4. The predicted molar refractivity (Wildman–Crippen MR) is 86.2 cm³/mol. The van der Waals surface area contributed by atoms with Gasteiger partial charge in [0, 0.05) is 18.8 Å². The molecule has 1 aliphatic rings. The Bertz CT molecular complexity index is 649. The molecule has 0 aromatic carbocycles. The van der Waals surface area contributed by atoms with E-state index in [1.54, 1.807) is 11.0 Å². The summed E-state index contributed by atoms with van der Waals surface area (Å²) in [4.78, 5) is 18.0. The molecule has 1 amide bonds. The van der Waals surface area contributed by atoms with Gasteiger partial charge in [-0.05, 0) is 45.7 Å². The highest BCUT2D eigenvalue weighted by Crippen LogP contribution is 2.22. The van der Waals surface area contributed by atoms with Crippen LogP contribution >= 0.6 is 0 Å². The summed E-state index contributed by atoms with van der Waals surface area (Å²) in [5, 5.41) is 9.28. The maximum atomic E-state index is 12.5. The lowest BCUT2D eigenvalue weighted by atomic mass is 10.2. The molecule has 0 saturated carbocycles. The van der Waals surface area contributed by atoms with Gasteiger partial charge in [0.15, 0.2) is 0 Å². The zero-order chi connectivity index (χ0) is 17.0. The van der Waals surface area contributed by atoms with Crippen molar-refractivity contribution in [1.82, 2.24) is 9.88 Å². The molecule has 1 saturated heterocycles. The second-order valence-corrected chi connectivity index (χ2v) is 7.92. The number of amides is 1. The first-order valence-electron chi connectivity index (χ1n) is 7.54. The summed E-state index contributed by atoms with van der Waals surface area (Å²) in [6.07, 6.45) is 2.78. The molecule has 7 heteroatoms. The van der Waals surface area contributed by atoms with E-state index in [-0.39, 0.29) is 12.1 Å². The van der Waals surface area contributed by atoms with Crippen molar-refractivity contribution in [1.29, 1.82) is 5.26 Å². The average Bonchev–Trinajstić information content (AvgIpc) is 2.93. The fraction of sp³-hybridized carbons (Fsp3) is 0.562. The number of hydrogen-bond donors (Lipinski definition) is 0. The Morgan fingerprint density at radius 3 is 2.96 bits per heavy atom. The highest BCUT2D eigenvalue weighted by Gasteiger charge is 2.33. The molecule has 1 fully saturated rings. The summed E-state index contributed by atoms with van der Waals surface area (Å²) >= 11 is 0. The second-order valence-electron chi connectivity index (χ2n) is 6.48. The zero-order valence-electron chi connectivity index (χ0n) is 13.6. The molecule has 23 heavy (non-hydrogen) atoms. The van der Waals surface area contributed by atoms with E-state index in [4.69, 9.17) is 10.00 Å². The molecule has 0 N–H and O–H groups in total. The van der Waals surface area contributed by atoms with E-state index < -0.39 is 16.4 Å². The van der Waals surface area contributed by atoms with Crippen molar-refractivity contribution >= 4 is 16.9 Å². The van der Waals surface area contributed by atoms with E-state index in [2.05, 4.69) is 4.98 Å². The van der Waals surface area contributed by atoms with Crippen LogP contribution in [0.15, 0.2) is 23.4 Å². The third kappa shape index (κ3) is 4.76. The van der Waals surface area contributed by atoms with Crippen molar-refractivity contribution in [2.24, 2.45) is 0 Å². The summed E-state index contributed by atoms with van der Waals surface area (Å²) in [6, 6.07) is 4.99. The third-order valence-electron chi connectivity index (χ3n) is 3.45. The Morgan fingerprint density at radius 2 is 2.30 bits per heavy atom. The predicted octanol–water partition coefficient (Wildman–Crippen LogP) is 2.46. The number of pyridine rings is 1. The van der Waals surface area contributed by atoms with Crippen molar-refractivity contribution < 1.29 is 13.7 Å². The lowest BCUT2D eigenvalue weighted by Crippen LogP contribution is -2.42. The normalized spacial score (nSPS) is 19.2. The maximum absolute atomic E-state index is 12.5. The summed E-state index contributed by atoms with van der Waals surface area (Å²) in [5.74, 6) is 0.307. The van der Waals surface area contributed by atoms with Crippen LogP contribution in [0, 0.1) is 11.3 Å². The van der Waals surface area contributed by atoms with Crippen LogP contribution in [-0.4, -0.2) is 44.1 Å². The summed E-state index contributed by atoms with van der Waals surface area (Å²) < 4.78 is 17.9. The molecule has 124 valence electrons. The van der Waals surface area contributed by atoms with Gasteiger partial charge in [-0.25, -0.2) is 9.78 Å². The summed E-state index contributed by atoms with van der Waals surface area (Å²) in [7, 11) is -1.36. The monoisotopic (exact) mass is 335 g/mol. The van der Waals surface area contributed by atoms with Crippen LogP contribution in [0.5, 0.6) is 0 Å². The number of nitriles is 1. The minimum atomic E-state index is -1.36. The topological polar surface area (TPSA) is 83.3 Å². The Kier molecular flexibility index (Phi) is 5.37. The van der Waals surface area contributed by atoms with Crippen LogP contribution in [0.25, 0.3) is 0 Å². The van der Waals surface area contributed by atoms with Crippen molar-refractivity contribution in [3.8, 4) is 6.07 Å². The van der Waals surface area contributed by atoms with Gasteiger partial charge in [-0.2, -0.15) is 5.26 Å². The number of carbonyl (C=O) groups is 1. The SMILES string of the molecule is CC(C)(C)OC(=O)N1CCCC1CS(=O)c1cc(C#N)ccn1. The van der Waals surface area contributed by atoms with Crippen LogP contribution in [0.2, 0.25) is 0 Å². The third-order valence-corrected chi connectivity index (χ3v) is 4.82. The standard InChI is InChI=1S/C16H21N3O3S/c1-16(2,3)22-15(20)19-8-4-5-13(19)11-23(21)14-9-12(10-17)6-7-18-14/h6-7,9,13H,4-5,8,11H2,1-3H3. The highest BCUT2D eigenvalue weighted by molar-refractivity contribution is 7.85. The van der Waals surface area contributed by atoms with Crippen molar-refractivity contribution in [2.75, 3.05) is 12.3 Å². The largest absolute Gasteiger partial charge is 0.444 e. The van der Waals surface area contributed by atoms with Crippen LogP contribution < -0.4 is 0 Å². The number of rotatable bonds is 3. The average molecular weight is 335 g/mol. The molecule has 0 spiro atoms. The van der Waals surface area contributed by atoms with Gasteiger partial charge in [-0.15, -0.1) is 0 Å². The molecule has 2 heterocycles. The molecule has 2 unspecified atom stereocenters. The molecular weight excluding hydrogens is 314 g/mol. The zero-order valence-corrected chi connectivity index (χ0v) is 14.4. The van der Waals surface area contributed by atoms with Gasteiger partial charge in [0.1, 0.15) is 10.6 Å². The first-order valence-corrected chi connectivity index (χ1v) is 8.86. The fourth-order valence-electron chi connectivity index (χ4n) is 2.43. The fourth-order valence-corrected chi connectivity index (χ4v) is 3.74. The van der Waals surface area contributed by atoms with Gasteiger partial charge < -0.3 is 9.64 Å². The Morgan fingerprint density at radius 1 is 1.57 bits per heavy atom. The molecule has 1 aliphatic heterocycles. The smallest absolute Gasteiger partial charge is 0.410 e. The summed E-state index contributed by atoms with van der Waals surface area (Å²) in [6.45, 7) is 6.09. The lowest BCUT2D eigenvalue weighted by molar-refractivity contribution is 0.0241. The molecule has 1 aromatic rings. The van der Waals surface area contributed by atoms with E-state index >= 15 is 0 Å². The first-order chi connectivity index (χ1) is 10.8. The van der Waals surface area contributed by atoms with Gasteiger partial charge in [-0.3, -0.25) is 4.21 Å². The number of ether oxygens (including phenoxy) is 1. The van der Waals surface area contributed by atoms with Gasteiger partial charge in [-0.1, -0.05) is 0 Å². The number of likely N-dealkylation sites (tertiary alicyclic amines) is 1. The van der Waals surface area contributed by atoms with E-state index in [9.17, 15) is 9.00 Å². The van der Waals surface area contributed by atoms with Crippen LogP contribution in [-0.2, 0) is 15.5 Å². The molecule has 0 radical (unpaired) electrons. The van der Waals surface area contributed by atoms with Gasteiger partial charge in [0.05, 0.1) is 28.2 Å². The van der Waals surface area contributed by atoms with E-state index in [1.807, 2.05) is 26.8 Å². The molecular formula is C16H21N3O3S. The molecule has 0 bridgehead atoms. The Balaban J connectivity index is 2.04. The highest BCUT2D eigenvalue weighted by atomic mass is 32.2. The van der Waals surface area contributed by atoms with Gasteiger partial charge >= 0.3 is 6.09 Å². The minimum absolute atomic E-state index is 0.127. The van der Waals surface area contributed by atoms with Gasteiger partial charge in [0.2, 0.25) is 0 Å². The second kappa shape index (κ2) is 7.09. The van der Waals surface area contributed by atoms with E-state index in [1.165, 1.54) is 12.3 Å². The quantitative estimate of drug-likeness (QED) is 0.847. The minimum Gasteiger partial charge on any atom is -0.444 e. The molecule has 0 aliphatic carbocycles. The Hall–Kier alpha value is -1.94. The number of carbonyl (C=O) groups excluding carboxylic acids is 1. The number of hydrogen-bond acceptors (Lipinski definition) is 5. The number of nitrogens with zero attached hydrogens (tertiary/aromatic N) is 3. The Labute approximate surface area is 138 Å². The van der Waals surface area contributed by atoms with Crippen LogP contribution in [0.3, 0.4) is 0 Å². The van der Waals surface area contributed by atoms with Crippen LogP contribution in [0.4, 0.5) is 4.79 Å². The van der Waals surface area contributed by atoms with E-state index in [0.29, 0.717) is 22.9 Å². The molecule has 2 atom stereocenters. The van der Waals surface area contributed by atoms with Crippen molar-refractivity contribution in [2.45, 2.75) is 50.3 Å². The van der Waals surface area contributed by atoms with Gasteiger partial charge in [0.25, 0.3) is 0 Å².